The fraction of sp³-hybridized carbons (Fsp3) is 0.727. The zero-order valence-electron chi connectivity index (χ0n) is 8.93. The zero-order chi connectivity index (χ0) is 10.3. The molecule has 0 unspecified atom stereocenters. The topological polar surface area (TPSA) is 12.9 Å². The fourth-order valence-corrected chi connectivity index (χ4v) is 3.37. The van der Waals surface area contributed by atoms with Crippen molar-refractivity contribution in [2.24, 2.45) is 11.3 Å². The summed E-state index contributed by atoms with van der Waals surface area (Å²) in [6.45, 7) is 6.97. The molecular weight excluding hydrogens is 214 g/mol. The summed E-state index contributed by atoms with van der Waals surface area (Å²) >= 11 is 7.58. The molecule has 0 saturated heterocycles. The molecule has 1 heterocycles. The molecule has 0 aromatic carbocycles. The van der Waals surface area contributed by atoms with Crippen LogP contribution < -0.4 is 0 Å². The van der Waals surface area contributed by atoms with Gasteiger partial charge in [-0.05, 0) is 30.6 Å². The summed E-state index contributed by atoms with van der Waals surface area (Å²) in [5.74, 6) is 0.784. The molecule has 0 saturated carbocycles. The van der Waals surface area contributed by atoms with E-state index < -0.39 is 0 Å². The average molecular weight is 230 g/mol. The number of halogens is 1. The Labute approximate surface area is 94.5 Å². The van der Waals surface area contributed by atoms with Gasteiger partial charge in [0.05, 0.1) is 5.69 Å². The SMILES string of the molecule is CC(C)(C)[C@@H]1CCc2nc(Cl)sc2C1. The summed E-state index contributed by atoms with van der Waals surface area (Å²) in [7, 11) is 0. The molecular formula is C11H16ClNS. The van der Waals surface area contributed by atoms with E-state index in [4.69, 9.17) is 11.6 Å². The number of thiazole rings is 1. The van der Waals surface area contributed by atoms with E-state index in [-0.39, 0.29) is 0 Å². The molecule has 0 bridgehead atoms. The van der Waals surface area contributed by atoms with Gasteiger partial charge in [-0.3, -0.25) is 0 Å². The van der Waals surface area contributed by atoms with Crippen LogP contribution in [0.2, 0.25) is 4.47 Å². The molecule has 14 heavy (non-hydrogen) atoms. The van der Waals surface area contributed by atoms with Crippen LogP contribution in [0, 0.1) is 11.3 Å². The maximum atomic E-state index is 5.92. The molecule has 78 valence electrons. The van der Waals surface area contributed by atoms with E-state index in [0.29, 0.717) is 9.88 Å². The normalized spacial score (nSPS) is 22.1. The standard InChI is InChI=1S/C11H16ClNS/c1-11(2,3)7-4-5-8-9(6-7)14-10(12)13-8/h7H,4-6H2,1-3H3/t7-/m1/s1. The second-order valence-electron chi connectivity index (χ2n) is 5.14. The molecule has 1 atom stereocenters. The lowest BCUT2D eigenvalue weighted by Crippen LogP contribution is -2.26. The van der Waals surface area contributed by atoms with E-state index >= 15 is 0 Å². The Morgan fingerprint density at radius 2 is 2.14 bits per heavy atom. The van der Waals surface area contributed by atoms with E-state index in [1.165, 1.54) is 23.4 Å². The van der Waals surface area contributed by atoms with E-state index in [1.54, 1.807) is 11.3 Å². The lowest BCUT2D eigenvalue weighted by Gasteiger charge is -2.33. The van der Waals surface area contributed by atoms with Crippen LogP contribution >= 0.6 is 22.9 Å². The highest BCUT2D eigenvalue weighted by Gasteiger charge is 2.30. The van der Waals surface area contributed by atoms with Crippen molar-refractivity contribution in [2.45, 2.75) is 40.0 Å². The monoisotopic (exact) mass is 229 g/mol. The van der Waals surface area contributed by atoms with Gasteiger partial charge in [0.1, 0.15) is 0 Å². The number of nitrogens with zero attached hydrogens (tertiary/aromatic N) is 1. The number of hydrogen-bond acceptors (Lipinski definition) is 2. The van der Waals surface area contributed by atoms with Crippen LogP contribution in [-0.2, 0) is 12.8 Å². The quantitative estimate of drug-likeness (QED) is 0.657. The Morgan fingerprint density at radius 1 is 1.43 bits per heavy atom. The minimum absolute atomic E-state index is 0.411. The van der Waals surface area contributed by atoms with E-state index in [1.807, 2.05) is 0 Å². The van der Waals surface area contributed by atoms with Crippen LogP contribution in [0.4, 0.5) is 0 Å². The average Bonchev–Trinajstić information content (AvgIpc) is 2.41. The van der Waals surface area contributed by atoms with Gasteiger partial charge < -0.3 is 0 Å². The minimum Gasteiger partial charge on any atom is -0.230 e. The molecule has 1 aromatic rings. The predicted octanol–water partition coefficient (Wildman–Crippen LogP) is 3.95. The highest BCUT2D eigenvalue weighted by molar-refractivity contribution is 7.15. The van der Waals surface area contributed by atoms with Crippen LogP contribution in [0.25, 0.3) is 0 Å². The molecule has 0 aliphatic heterocycles. The van der Waals surface area contributed by atoms with E-state index in [0.717, 1.165) is 12.3 Å². The summed E-state index contributed by atoms with van der Waals surface area (Å²) in [5.41, 5.74) is 1.66. The Balaban J connectivity index is 2.21. The first-order valence-corrected chi connectivity index (χ1v) is 6.30. The molecule has 2 rings (SSSR count). The minimum atomic E-state index is 0.411. The number of aryl methyl sites for hydroxylation is 1. The third kappa shape index (κ3) is 1.96. The van der Waals surface area contributed by atoms with E-state index in [2.05, 4.69) is 25.8 Å². The van der Waals surface area contributed by atoms with E-state index in [9.17, 15) is 0 Å². The maximum Gasteiger partial charge on any atom is 0.184 e. The number of aromatic nitrogens is 1. The van der Waals surface area contributed by atoms with Gasteiger partial charge >= 0.3 is 0 Å². The van der Waals surface area contributed by atoms with Gasteiger partial charge in [-0.2, -0.15) is 0 Å². The van der Waals surface area contributed by atoms with Crippen molar-refractivity contribution in [1.29, 1.82) is 0 Å². The summed E-state index contributed by atoms with van der Waals surface area (Å²) in [6, 6.07) is 0. The van der Waals surface area contributed by atoms with Crippen LogP contribution in [0.1, 0.15) is 37.8 Å². The van der Waals surface area contributed by atoms with Gasteiger partial charge in [0.15, 0.2) is 4.47 Å². The number of hydrogen-bond donors (Lipinski definition) is 0. The zero-order valence-corrected chi connectivity index (χ0v) is 10.5. The Kier molecular flexibility index (Phi) is 2.61. The molecule has 0 spiro atoms. The second kappa shape index (κ2) is 3.49. The van der Waals surface area contributed by atoms with Crippen molar-refractivity contribution in [3.05, 3.63) is 15.0 Å². The largest absolute Gasteiger partial charge is 0.230 e. The first kappa shape index (κ1) is 10.4. The van der Waals surface area contributed by atoms with Gasteiger partial charge in [0.2, 0.25) is 0 Å². The van der Waals surface area contributed by atoms with Gasteiger partial charge in [-0.25, -0.2) is 4.98 Å². The molecule has 0 amide bonds. The van der Waals surface area contributed by atoms with Gasteiger partial charge in [-0.1, -0.05) is 32.4 Å². The first-order chi connectivity index (χ1) is 6.47. The van der Waals surface area contributed by atoms with Crippen molar-refractivity contribution in [2.75, 3.05) is 0 Å². The fourth-order valence-electron chi connectivity index (χ4n) is 2.08. The molecule has 0 fully saturated rings. The smallest absolute Gasteiger partial charge is 0.184 e. The van der Waals surface area contributed by atoms with Crippen molar-refractivity contribution in [3.8, 4) is 0 Å². The predicted molar refractivity (Wildman–Crippen MR) is 62.1 cm³/mol. The summed E-state index contributed by atoms with van der Waals surface area (Å²) in [6.07, 6.45) is 3.54. The lowest BCUT2D eigenvalue weighted by atomic mass is 9.73. The van der Waals surface area contributed by atoms with Crippen molar-refractivity contribution < 1.29 is 0 Å². The van der Waals surface area contributed by atoms with Crippen LogP contribution in [0.5, 0.6) is 0 Å². The van der Waals surface area contributed by atoms with Crippen LogP contribution in [0.15, 0.2) is 0 Å². The molecule has 1 aliphatic carbocycles. The molecule has 0 radical (unpaired) electrons. The van der Waals surface area contributed by atoms with Crippen LogP contribution in [-0.4, -0.2) is 4.98 Å². The molecule has 3 heteroatoms. The first-order valence-electron chi connectivity index (χ1n) is 5.11. The van der Waals surface area contributed by atoms with Crippen molar-refractivity contribution >= 4 is 22.9 Å². The molecule has 1 aliphatic rings. The third-order valence-corrected chi connectivity index (χ3v) is 4.36. The van der Waals surface area contributed by atoms with Gasteiger partial charge in [0, 0.05) is 4.88 Å². The lowest BCUT2D eigenvalue weighted by molar-refractivity contribution is 0.217. The summed E-state index contributed by atoms with van der Waals surface area (Å²) < 4.78 is 0.713. The Bertz CT molecular complexity index is 338. The van der Waals surface area contributed by atoms with Gasteiger partial charge in [0.25, 0.3) is 0 Å². The summed E-state index contributed by atoms with van der Waals surface area (Å²) in [5, 5.41) is 0. The second-order valence-corrected chi connectivity index (χ2v) is 6.81. The Hall–Kier alpha value is -0.0800. The van der Waals surface area contributed by atoms with Crippen LogP contribution in [0.3, 0.4) is 0 Å². The number of fused-ring (bicyclic) bond motifs is 1. The Morgan fingerprint density at radius 3 is 2.79 bits per heavy atom. The molecule has 0 N–H and O–H groups in total. The third-order valence-electron chi connectivity index (χ3n) is 3.14. The highest BCUT2D eigenvalue weighted by Crippen LogP contribution is 2.39. The van der Waals surface area contributed by atoms with Crippen molar-refractivity contribution in [1.82, 2.24) is 4.98 Å². The molecule has 1 nitrogen and oxygen atoms in total. The molecule has 1 aromatic heterocycles. The van der Waals surface area contributed by atoms with Crippen molar-refractivity contribution in [3.63, 3.8) is 0 Å². The number of rotatable bonds is 0. The van der Waals surface area contributed by atoms with Gasteiger partial charge in [-0.15, -0.1) is 11.3 Å². The highest BCUT2D eigenvalue weighted by atomic mass is 35.5. The summed E-state index contributed by atoms with van der Waals surface area (Å²) in [4.78, 5) is 5.77. The maximum absolute atomic E-state index is 5.92.